The van der Waals surface area contributed by atoms with Gasteiger partial charge in [-0.1, -0.05) is 12.8 Å². The van der Waals surface area contributed by atoms with Crippen LogP contribution < -0.4 is 5.32 Å². The van der Waals surface area contributed by atoms with Crippen LogP contribution in [0.4, 0.5) is 0 Å². The van der Waals surface area contributed by atoms with Gasteiger partial charge in [-0.15, -0.1) is 22.9 Å². The first-order chi connectivity index (χ1) is 9.75. The van der Waals surface area contributed by atoms with Crippen molar-refractivity contribution in [2.75, 3.05) is 6.54 Å². The van der Waals surface area contributed by atoms with Crippen molar-refractivity contribution >= 4 is 28.8 Å². The van der Waals surface area contributed by atoms with Crippen LogP contribution in [0.1, 0.15) is 54.9 Å². The van der Waals surface area contributed by atoms with Crippen molar-refractivity contribution in [1.82, 2.24) is 5.32 Å². The van der Waals surface area contributed by atoms with E-state index in [4.69, 9.17) is 11.6 Å². The molecule has 3 rings (SSSR count). The highest BCUT2D eigenvalue weighted by Gasteiger charge is 2.29. The molecule has 0 radical (unpaired) electrons. The summed E-state index contributed by atoms with van der Waals surface area (Å²) >= 11 is 8.16. The molecule has 1 aromatic heterocycles. The van der Waals surface area contributed by atoms with Crippen molar-refractivity contribution in [3.63, 3.8) is 0 Å². The Kier molecular flexibility index (Phi) is 4.67. The van der Waals surface area contributed by atoms with Gasteiger partial charge in [-0.2, -0.15) is 0 Å². The molecule has 4 heteroatoms. The molecule has 0 saturated heterocycles. The van der Waals surface area contributed by atoms with Crippen LogP contribution in [0.5, 0.6) is 0 Å². The van der Waals surface area contributed by atoms with Crippen molar-refractivity contribution in [3.8, 4) is 0 Å². The molecule has 1 amide bonds. The van der Waals surface area contributed by atoms with Gasteiger partial charge in [0.2, 0.25) is 5.91 Å². The molecule has 0 aromatic carbocycles. The third-order valence-electron chi connectivity index (χ3n) is 4.72. The monoisotopic (exact) mass is 311 g/mol. The molecule has 1 heterocycles. The summed E-state index contributed by atoms with van der Waals surface area (Å²) in [7, 11) is 0. The summed E-state index contributed by atoms with van der Waals surface area (Å²) in [5.74, 6) is 0.737. The lowest BCUT2D eigenvalue weighted by Gasteiger charge is -2.28. The summed E-state index contributed by atoms with van der Waals surface area (Å²) in [6.45, 7) is 0.753. The Bertz CT molecular complexity index is 473. The number of hydrogen-bond acceptors (Lipinski definition) is 2. The molecule has 110 valence electrons. The van der Waals surface area contributed by atoms with Gasteiger partial charge < -0.3 is 5.32 Å². The quantitative estimate of drug-likeness (QED) is 0.837. The second-order valence-corrected chi connectivity index (χ2v) is 7.61. The predicted molar refractivity (Wildman–Crippen MR) is 84.6 cm³/mol. The highest BCUT2D eigenvalue weighted by molar-refractivity contribution is 7.10. The zero-order valence-electron chi connectivity index (χ0n) is 11.7. The van der Waals surface area contributed by atoms with E-state index in [1.54, 1.807) is 11.3 Å². The summed E-state index contributed by atoms with van der Waals surface area (Å²) in [5, 5.41) is 5.52. The lowest BCUT2D eigenvalue weighted by atomic mass is 9.86. The van der Waals surface area contributed by atoms with Crippen LogP contribution in [-0.4, -0.2) is 17.8 Å². The van der Waals surface area contributed by atoms with Crippen molar-refractivity contribution in [2.45, 2.75) is 56.2 Å². The summed E-state index contributed by atoms with van der Waals surface area (Å²) in [4.78, 5) is 13.9. The zero-order valence-corrected chi connectivity index (χ0v) is 13.3. The van der Waals surface area contributed by atoms with E-state index < -0.39 is 0 Å². The fourth-order valence-electron chi connectivity index (χ4n) is 3.51. The standard InChI is InChI=1S/C16H22ClNOS/c17-14-6-2-1-4-11(14)10-18-16(19)13-5-3-7-15-12(13)8-9-20-15/h8-9,11,13-14H,1-7,10H2,(H,18,19). The number of fused-ring (bicyclic) bond motifs is 1. The van der Waals surface area contributed by atoms with Crippen LogP contribution in [0.2, 0.25) is 0 Å². The summed E-state index contributed by atoms with van der Waals surface area (Å²) in [6.07, 6.45) is 8.01. The largest absolute Gasteiger partial charge is 0.355 e. The van der Waals surface area contributed by atoms with Crippen LogP contribution >= 0.6 is 22.9 Å². The smallest absolute Gasteiger partial charge is 0.227 e. The summed E-state index contributed by atoms with van der Waals surface area (Å²) in [5.41, 5.74) is 1.27. The molecule has 2 aliphatic rings. The Hall–Kier alpha value is -0.540. The number of rotatable bonds is 3. The molecule has 3 atom stereocenters. The number of aryl methyl sites for hydroxylation is 1. The fourth-order valence-corrected chi connectivity index (χ4v) is 4.86. The van der Waals surface area contributed by atoms with Gasteiger partial charge in [0.1, 0.15) is 0 Å². The number of thiophene rings is 1. The Balaban J connectivity index is 1.58. The Morgan fingerprint density at radius 3 is 3.00 bits per heavy atom. The van der Waals surface area contributed by atoms with E-state index in [0.717, 1.165) is 38.6 Å². The Morgan fingerprint density at radius 1 is 1.30 bits per heavy atom. The molecule has 1 N–H and O–H groups in total. The number of amides is 1. The number of nitrogens with one attached hydrogen (secondary N) is 1. The van der Waals surface area contributed by atoms with Crippen LogP contribution in [0, 0.1) is 5.92 Å². The zero-order chi connectivity index (χ0) is 13.9. The maximum absolute atomic E-state index is 12.5. The minimum Gasteiger partial charge on any atom is -0.355 e. The lowest BCUT2D eigenvalue weighted by Crippen LogP contribution is -2.37. The van der Waals surface area contributed by atoms with Gasteiger partial charge in [0, 0.05) is 16.8 Å². The van der Waals surface area contributed by atoms with E-state index in [-0.39, 0.29) is 17.2 Å². The number of halogens is 1. The van der Waals surface area contributed by atoms with Gasteiger partial charge in [0.05, 0.1) is 5.92 Å². The summed E-state index contributed by atoms with van der Waals surface area (Å²) in [6, 6.07) is 2.13. The molecule has 1 saturated carbocycles. The minimum absolute atomic E-state index is 0.0716. The minimum atomic E-state index is 0.0716. The van der Waals surface area contributed by atoms with E-state index >= 15 is 0 Å². The van der Waals surface area contributed by atoms with Gasteiger partial charge in [0.25, 0.3) is 0 Å². The van der Waals surface area contributed by atoms with Gasteiger partial charge in [-0.05, 0) is 55.0 Å². The molecule has 2 nitrogen and oxygen atoms in total. The third kappa shape index (κ3) is 3.04. The first kappa shape index (κ1) is 14.4. The molecule has 1 fully saturated rings. The number of alkyl halides is 1. The first-order valence-corrected chi connectivity index (χ1v) is 9.05. The average molecular weight is 312 g/mol. The van der Waals surface area contributed by atoms with E-state index in [1.165, 1.54) is 23.3 Å². The maximum atomic E-state index is 12.5. The van der Waals surface area contributed by atoms with Crippen LogP contribution in [-0.2, 0) is 11.2 Å². The lowest BCUT2D eigenvalue weighted by molar-refractivity contribution is -0.123. The van der Waals surface area contributed by atoms with Crippen molar-refractivity contribution < 1.29 is 4.79 Å². The van der Waals surface area contributed by atoms with Crippen LogP contribution in [0.15, 0.2) is 11.4 Å². The normalized spacial score (nSPS) is 29.8. The van der Waals surface area contributed by atoms with Gasteiger partial charge in [-0.3, -0.25) is 4.79 Å². The molecular weight excluding hydrogens is 290 g/mol. The van der Waals surface area contributed by atoms with Crippen molar-refractivity contribution in [3.05, 3.63) is 21.9 Å². The molecule has 1 aromatic rings. The van der Waals surface area contributed by atoms with E-state index in [0.29, 0.717) is 5.92 Å². The molecule has 0 spiro atoms. The first-order valence-electron chi connectivity index (χ1n) is 7.73. The van der Waals surface area contributed by atoms with Crippen LogP contribution in [0.3, 0.4) is 0 Å². The highest BCUT2D eigenvalue weighted by Crippen LogP contribution is 2.35. The van der Waals surface area contributed by atoms with Crippen molar-refractivity contribution in [2.24, 2.45) is 5.92 Å². The number of carbonyl (C=O) groups is 1. The second kappa shape index (κ2) is 6.48. The van der Waals surface area contributed by atoms with E-state index in [1.807, 2.05) is 0 Å². The molecule has 0 aliphatic heterocycles. The number of hydrogen-bond donors (Lipinski definition) is 1. The molecule has 0 bridgehead atoms. The summed E-state index contributed by atoms with van der Waals surface area (Å²) < 4.78 is 0. The SMILES string of the molecule is O=C(NCC1CCCCC1Cl)C1CCCc2sccc21. The van der Waals surface area contributed by atoms with Crippen molar-refractivity contribution in [1.29, 1.82) is 0 Å². The van der Waals surface area contributed by atoms with Crippen LogP contribution in [0.25, 0.3) is 0 Å². The maximum Gasteiger partial charge on any atom is 0.227 e. The molecule has 2 aliphatic carbocycles. The Morgan fingerprint density at radius 2 is 2.15 bits per heavy atom. The predicted octanol–water partition coefficient (Wildman–Crippen LogP) is 4.08. The molecule has 3 unspecified atom stereocenters. The van der Waals surface area contributed by atoms with Gasteiger partial charge >= 0.3 is 0 Å². The Labute approximate surface area is 129 Å². The second-order valence-electron chi connectivity index (χ2n) is 6.05. The van der Waals surface area contributed by atoms with E-state index in [2.05, 4.69) is 16.8 Å². The topological polar surface area (TPSA) is 29.1 Å². The van der Waals surface area contributed by atoms with E-state index in [9.17, 15) is 4.79 Å². The van der Waals surface area contributed by atoms with Gasteiger partial charge in [0.15, 0.2) is 0 Å². The molecule has 20 heavy (non-hydrogen) atoms. The fraction of sp³-hybridized carbons (Fsp3) is 0.688. The number of carbonyl (C=O) groups excluding carboxylic acids is 1. The molecular formula is C16H22ClNOS. The third-order valence-corrected chi connectivity index (χ3v) is 6.29. The highest BCUT2D eigenvalue weighted by atomic mass is 35.5. The van der Waals surface area contributed by atoms with Gasteiger partial charge in [-0.25, -0.2) is 0 Å². The average Bonchev–Trinajstić information content (AvgIpc) is 2.94.